The number of halogens is 1. The van der Waals surface area contributed by atoms with Gasteiger partial charge in [-0.15, -0.1) is 0 Å². The second-order valence-corrected chi connectivity index (χ2v) is 6.76. The fourth-order valence-electron chi connectivity index (χ4n) is 3.06. The quantitative estimate of drug-likeness (QED) is 0.448. The van der Waals surface area contributed by atoms with E-state index in [4.69, 9.17) is 21.0 Å². The number of benzene rings is 2. The Bertz CT molecular complexity index is 1120. The Morgan fingerprint density at radius 3 is 2.69 bits per heavy atom. The number of aromatic nitrogens is 2. The number of imidazole rings is 1. The van der Waals surface area contributed by atoms with Gasteiger partial charge in [-0.3, -0.25) is 4.79 Å². The minimum absolute atomic E-state index is 0.0257. The minimum Gasteiger partial charge on any atom is -0.458 e. The lowest BCUT2D eigenvalue weighted by Crippen LogP contribution is -2.02. The number of nitrogens with zero attached hydrogens (tertiary/aromatic N) is 2. The molecular formula is C21H17ClN2O2. The summed E-state index contributed by atoms with van der Waals surface area (Å²) in [5.74, 6) is 2.28. The van der Waals surface area contributed by atoms with Crippen molar-refractivity contribution < 1.29 is 9.21 Å². The molecule has 0 atom stereocenters. The van der Waals surface area contributed by atoms with Crippen molar-refractivity contribution in [2.45, 2.75) is 20.4 Å². The first-order chi connectivity index (χ1) is 12.5. The molecule has 130 valence electrons. The van der Waals surface area contributed by atoms with Gasteiger partial charge in [0.2, 0.25) is 0 Å². The second kappa shape index (κ2) is 6.46. The number of furan rings is 1. The molecule has 0 aliphatic rings. The molecule has 0 radical (unpaired) electrons. The molecule has 2 heterocycles. The van der Waals surface area contributed by atoms with Gasteiger partial charge in [-0.25, -0.2) is 4.98 Å². The molecule has 0 aliphatic carbocycles. The van der Waals surface area contributed by atoms with Crippen LogP contribution in [0.5, 0.6) is 0 Å². The van der Waals surface area contributed by atoms with Gasteiger partial charge in [-0.2, -0.15) is 0 Å². The molecule has 0 aliphatic heterocycles. The van der Waals surface area contributed by atoms with E-state index in [0.717, 1.165) is 28.2 Å². The third-order valence-electron chi connectivity index (χ3n) is 4.35. The molecule has 0 saturated heterocycles. The molecule has 2 aromatic heterocycles. The summed E-state index contributed by atoms with van der Waals surface area (Å²) in [6, 6.07) is 17.1. The zero-order chi connectivity index (χ0) is 18.3. The number of aryl methyl sites for hydroxylation is 1. The molecular weight excluding hydrogens is 348 g/mol. The van der Waals surface area contributed by atoms with Gasteiger partial charge in [0.25, 0.3) is 0 Å². The van der Waals surface area contributed by atoms with Crippen LogP contribution in [-0.2, 0) is 6.54 Å². The van der Waals surface area contributed by atoms with E-state index in [0.29, 0.717) is 22.9 Å². The molecule has 4 nitrogen and oxygen atoms in total. The number of carbonyl (C=O) groups is 1. The standard InChI is InChI=1S/C21H17ClN2O2/c1-13-6-9-20(26-13)21-23-18-8-7-16(14(2)25)11-19(18)24(21)12-15-4-3-5-17(22)10-15/h3-11H,12H2,1-2H3. The number of hydrogen-bond acceptors (Lipinski definition) is 3. The van der Waals surface area contributed by atoms with Gasteiger partial charge in [-0.1, -0.05) is 23.7 Å². The number of hydrogen-bond donors (Lipinski definition) is 0. The third-order valence-corrected chi connectivity index (χ3v) is 4.58. The Morgan fingerprint density at radius 1 is 1.15 bits per heavy atom. The molecule has 26 heavy (non-hydrogen) atoms. The Kier molecular flexibility index (Phi) is 4.13. The van der Waals surface area contributed by atoms with Gasteiger partial charge in [0.05, 0.1) is 11.0 Å². The summed E-state index contributed by atoms with van der Waals surface area (Å²) in [6.45, 7) is 4.05. The molecule has 2 aromatic carbocycles. The van der Waals surface area contributed by atoms with E-state index >= 15 is 0 Å². The highest BCUT2D eigenvalue weighted by Crippen LogP contribution is 2.28. The van der Waals surface area contributed by atoms with Gasteiger partial charge >= 0.3 is 0 Å². The van der Waals surface area contributed by atoms with Crippen LogP contribution in [0.1, 0.15) is 28.6 Å². The predicted molar refractivity (Wildman–Crippen MR) is 103 cm³/mol. The average molecular weight is 365 g/mol. The number of ketones is 1. The smallest absolute Gasteiger partial charge is 0.177 e. The minimum atomic E-state index is 0.0257. The van der Waals surface area contributed by atoms with Crippen LogP contribution in [0.2, 0.25) is 5.02 Å². The molecule has 0 saturated carbocycles. The highest BCUT2D eigenvalue weighted by atomic mass is 35.5. The van der Waals surface area contributed by atoms with Gasteiger partial charge in [-0.05, 0) is 61.9 Å². The van der Waals surface area contributed by atoms with Crippen LogP contribution >= 0.6 is 11.6 Å². The van der Waals surface area contributed by atoms with E-state index in [1.54, 1.807) is 13.0 Å². The van der Waals surface area contributed by atoms with E-state index in [9.17, 15) is 4.79 Å². The van der Waals surface area contributed by atoms with Crippen molar-refractivity contribution in [1.82, 2.24) is 9.55 Å². The van der Waals surface area contributed by atoms with Gasteiger partial charge in [0, 0.05) is 17.1 Å². The average Bonchev–Trinajstić information content (AvgIpc) is 3.18. The fourth-order valence-corrected chi connectivity index (χ4v) is 3.28. The van der Waals surface area contributed by atoms with Crippen LogP contribution in [0, 0.1) is 6.92 Å². The SMILES string of the molecule is CC(=O)c1ccc2nc(-c3ccc(C)o3)n(Cc3cccc(Cl)c3)c2c1. The molecule has 0 N–H and O–H groups in total. The first-order valence-corrected chi connectivity index (χ1v) is 8.71. The van der Waals surface area contributed by atoms with Crippen LogP contribution in [0.4, 0.5) is 0 Å². The van der Waals surface area contributed by atoms with E-state index in [2.05, 4.69) is 4.57 Å². The summed E-state index contributed by atoms with van der Waals surface area (Å²) in [5, 5.41) is 0.687. The molecule has 5 heteroatoms. The van der Waals surface area contributed by atoms with Crippen molar-refractivity contribution in [2.24, 2.45) is 0 Å². The topological polar surface area (TPSA) is 48.0 Å². The maximum absolute atomic E-state index is 11.8. The summed E-state index contributed by atoms with van der Waals surface area (Å²) < 4.78 is 7.86. The number of rotatable bonds is 4. The highest BCUT2D eigenvalue weighted by Gasteiger charge is 2.17. The largest absolute Gasteiger partial charge is 0.458 e. The molecule has 0 spiro atoms. The maximum atomic E-state index is 11.8. The number of carbonyl (C=O) groups excluding carboxylic acids is 1. The van der Waals surface area contributed by atoms with Crippen LogP contribution in [-0.4, -0.2) is 15.3 Å². The fraction of sp³-hybridized carbons (Fsp3) is 0.143. The molecule has 0 amide bonds. The monoisotopic (exact) mass is 364 g/mol. The Labute approximate surface area is 156 Å². The number of fused-ring (bicyclic) bond motifs is 1. The molecule has 0 bridgehead atoms. The summed E-state index contributed by atoms with van der Waals surface area (Å²) >= 11 is 6.14. The Morgan fingerprint density at radius 2 is 2.00 bits per heavy atom. The predicted octanol–water partition coefficient (Wildman–Crippen LogP) is 5.51. The summed E-state index contributed by atoms with van der Waals surface area (Å²) in [5.41, 5.74) is 3.42. The summed E-state index contributed by atoms with van der Waals surface area (Å²) in [7, 11) is 0. The Hall–Kier alpha value is -2.85. The van der Waals surface area contributed by atoms with Crippen molar-refractivity contribution in [3.63, 3.8) is 0 Å². The molecule has 4 aromatic rings. The second-order valence-electron chi connectivity index (χ2n) is 6.32. The lowest BCUT2D eigenvalue weighted by Gasteiger charge is -2.09. The van der Waals surface area contributed by atoms with Crippen molar-refractivity contribution in [2.75, 3.05) is 0 Å². The van der Waals surface area contributed by atoms with E-state index < -0.39 is 0 Å². The molecule has 0 fully saturated rings. The van der Waals surface area contributed by atoms with Crippen LogP contribution < -0.4 is 0 Å². The van der Waals surface area contributed by atoms with Crippen LogP contribution in [0.3, 0.4) is 0 Å². The Balaban J connectivity index is 1.93. The lowest BCUT2D eigenvalue weighted by atomic mass is 10.1. The zero-order valence-corrected chi connectivity index (χ0v) is 15.2. The lowest BCUT2D eigenvalue weighted by molar-refractivity contribution is 0.101. The van der Waals surface area contributed by atoms with Crippen LogP contribution in [0.25, 0.3) is 22.6 Å². The van der Waals surface area contributed by atoms with Crippen molar-refractivity contribution in [3.05, 3.63) is 76.5 Å². The highest BCUT2D eigenvalue weighted by molar-refractivity contribution is 6.30. The van der Waals surface area contributed by atoms with E-state index in [1.807, 2.05) is 55.5 Å². The van der Waals surface area contributed by atoms with E-state index in [-0.39, 0.29) is 5.78 Å². The normalized spacial score (nSPS) is 11.2. The van der Waals surface area contributed by atoms with Crippen LogP contribution in [0.15, 0.2) is 59.0 Å². The molecule has 4 rings (SSSR count). The summed E-state index contributed by atoms with van der Waals surface area (Å²) in [6.07, 6.45) is 0. The first-order valence-electron chi connectivity index (χ1n) is 8.34. The van der Waals surface area contributed by atoms with Gasteiger partial charge < -0.3 is 8.98 Å². The van der Waals surface area contributed by atoms with Gasteiger partial charge in [0.1, 0.15) is 5.76 Å². The van der Waals surface area contributed by atoms with Crippen molar-refractivity contribution in [3.8, 4) is 11.6 Å². The molecule has 0 unspecified atom stereocenters. The summed E-state index contributed by atoms with van der Waals surface area (Å²) in [4.78, 5) is 16.6. The van der Waals surface area contributed by atoms with Crippen molar-refractivity contribution >= 4 is 28.4 Å². The number of Topliss-reactive ketones (excluding diaryl/α,β-unsaturated/α-hetero) is 1. The maximum Gasteiger partial charge on any atom is 0.177 e. The van der Waals surface area contributed by atoms with E-state index in [1.165, 1.54) is 0 Å². The van der Waals surface area contributed by atoms with Gasteiger partial charge in [0.15, 0.2) is 17.4 Å². The van der Waals surface area contributed by atoms with Crippen molar-refractivity contribution in [1.29, 1.82) is 0 Å². The first kappa shape index (κ1) is 16.6. The zero-order valence-electron chi connectivity index (χ0n) is 14.5. The third kappa shape index (κ3) is 3.04.